The molecule has 1 atom stereocenters. The predicted octanol–water partition coefficient (Wildman–Crippen LogP) is 5.65. The van der Waals surface area contributed by atoms with Crippen molar-refractivity contribution in [3.8, 4) is 16.9 Å². The van der Waals surface area contributed by atoms with Gasteiger partial charge in [-0.3, -0.25) is 4.79 Å². The molecule has 4 rings (SSSR count). The van der Waals surface area contributed by atoms with Crippen LogP contribution < -0.4 is 15.6 Å². The third kappa shape index (κ3) is 4.40. The van der Waals surface area contributed by atoms with Crippen molar-refractivity contribution in [3.63, 3.8) is 0 Å². The lowest BCUT2D eigenvalue weighted by molar-refractivity contribution is 0.271. The number of aromatic nitrogens is 1. The summed E-state index contributed by atoms with van der Waals surface area (Å²) in [5.41, 5.74) is 8.16. The summed E-state index contributed by atoms with van der Waals surface area (Å²) >= 11 is 0. The van der Waals surface area contributed by atoms with Crippen molar-refractivity contribution in [2.45, 2.75) is 66.3 Å². The Kier molecular flexibility index (Phi) is 6.19. The molecule has 1 aliphatic heterocycles. The number of benzene rings is 2. The molecule has 0 bridgehead atoms. The van der Waals surface area contributed by atoms with Crippen LogP contribution in [0.3, 0.4) is 0 Å². The van der Waals surface area contributed by atoms with Gasteiger partial charge in [0.2, 0.25) is 0 Å². The van der Waals surface area contributed by atoms with Gasteiger partial charge in [-0.25, -0.2) is 0 Å². The van der Waals surface area contributed by atoms with Crippen LogP contribution in [0.2, 0.25) is 0 Å². The molecule has 1 aromatic heterocycles. The molecule has 3 aromatic rings. The van der Waals surface area contributed by atoms with Crippen LogP contribution in [0.4, 0.5) is 0 Å². The molecule has 0 amide bonds. The lowest BCUT2D eigenvalue weighted by Crippen LogP contribution is -2.35. The van der Waals surface area contributed by atoms with Crippen molar-refractivity contribution in [1.82, 2.24) is 10.3 Å². The maximum absolute atomic E-state index is 13.3. The van der Waals surface area contributed by atoms with Gasteiger partial charge in [0.05, 0.1) is 17.7 Å². The predicted molar refractivity (Wildman–Crippen MR) is 129 cm³/mol. The second-order valence-electron chi connectivity index (χ2n) is 9.18. The summed E-state index contributed by atoms with van der Waals surface area (Å²) in [6, 6.07) is 8.94. The first-order valence-corrected chi connectivity index (χ1v) is 11.5. The van der Waals surface area contributed by atoms with E-state index < -0.39 is 0 Å². The number of aromatic amines is 1. The van der Waals surface area contributed by atoms with E-state index in [1.54, 1.807) is 0 Å². The number of hydrogen-bond acceptors (Lipinski definition) is 3. The Balaban J connectivity index is 1.84. The summed E-state index contributed by atoms with van der Waals surface area (Å²) < 4.78 is 6.46. The van der Waals surface area contributed by atoms with Gasteiger partial charge in [-0.1, -0.05) is 35.7 Å². The second kappa shape index (κ2) is 8.88. The van der Waals surface area contributed by atoms with E-state index in [2.05, 4.69) is 69.2 Å². The zero-order valence-corrected chi connectivity index (χ0v) is 19.4. The average Bonchev–Trinajstić information content (AvgIpc) is 2.73. The van der Waals surface area contributed by atoms with Crippen LogP contribution in [-0.2, 0) is 0 Å². The largest absolute Gasteiger partial charge is 0.492 e. The fraction of sp³-hybridized carbons (Fsp3) is 0.444. The van der Waals surface area contributed by atoms with Crippen molar-refractivity contribution in [3.05, 3.63) is 62.4 Å². The fourth-order valence-corrected chi connectivity index (χ4v) is 4.84. The van der Waals surface area contributed by atoms with E-state index in [9.17, 15) is 4.79 Å². The maximum atomic E-state index is 13.3. The number of ether oxygens (including phenoxy) is 1. The minimum absolute atomic E-state index is 0.0883. The lowest BCUT2D eigenvalue weighted by atomic mass is 9.95. The van der Waals surface area contributed by atoms with Crippen molar-refractivity contribution in [1.29, 1.82) is 0 Å². The molecule has 0 spiro atoms. The Morgan fingerprint density at radius 1 is 0.968 bits per heavy atom. The van der Waals surface area contributed by atoms with Gasteiger partial charge >= 0.3 is 0 Å². The fourth-order valence-electron chi connectivity index (χ4n) is 4.84. The molecule has 4 nitrogen and oxygen atoms in total. The van der Waals surface area contributed by atoms with E-state index in [0.29, 0.717) is 24.0 Å². The van der Waals surface area contributed by atoms with Gasteiger partial charge in [-0.15, -0.1) is 0 Å². The minimum atomic E-state index is -0.0883. The normalized spacial score (nSPS) is 16.6. The molecule has 1 fully saturated rings. The zero-order chi connectivity index (χ0) is 22.1. The van der Waals surface area contributed by atoms with Crippen molar-refractivity contribution < 1.29 is 4.74 Å². The highest BCUT2D eigenvalue weighted by molar-refractivity contribution is 5.95. The Bertz CT molecular complexity index is 1150. The highest BCUT2D eigenvalue weighted by Crippen LogP contribution is 2.37. The van der Waals surface area contributed by atoms with E-state index in [0.717, 1.165) is 46.1 Å². The third-order valence-corrected chi connectivity index (χ3v) is 6.73. The molecule has 2 N–H and O–H groups in total. The highest BCUT2D eigenvalue weighted by atomic mass is 16.5. The van der Waals surface area contributed by atoms with Crippen LogP contribution in [0.15, 0.2) is 29.1 Å². The van der Waals surface area contributed by atoms with Gasteiger partial charge in [-0.2, -0.15) is 0 Å². The number of hydrogen-bond donors (Lipinski definition) is 2. The van der Waals surface area contributed by atoms with Gasteiger partial charge in [0, 0.05) is 11.4 Å². The standard InChI is InChI=1S/C27H34N2O2/c1-16-12-17(2)14-21(13-16)24-26(31-11-9-22-8-6-7-10-28-22)23-15-18(3)19(4)20(5)25(23)29-27(24)30/h12-15,22,28H,6-11H2,1-5H3,(H,29,30). The molecule has 2 aromatic carbocycles. The number of aryl methyl sites for hydroxylation is 4. The molecule has 1 aliphatic rings. The van der Waals surface area contributed by atoms with Gasteiger partial charge in [-0.05, 0) is 88.7 Å². The van der Waals surface area contributed by atoms with E-state index in [-0.39, 0.29) is 5.56 Å². The first kappa shape index (κ1) is 21.6. The number of pyridine rings is 1. The highest BCUT2D eigenvalue weighted by Gasteiger charge is 2.20. The second-order valence-corrected chi connectivity index (χ2v) is 9.18. The maximum Gasteiger partial charge on any atom is 0.260 e. The Morgan fingerprint density at radius 3 is 2.39 bits per heavy atom. The van der Waals surface area contributed by atoms with E-state index in [4.69, 9.17) is 4.74 Å². The monoisotopic (exact) mass is 418 g/mol. The molecule has 1 unspecified atom stereocenters. The molecular weight excluding hydrogens is 384 g/mol. The van der Waals surface area contributed by atoms with Gasteiger partial charge in [0.25, 0.3) is 5.56 Å². The van der Waals surface area contributed by atoms with Crippen LogP contribution in [0.25, 0.3) is 22.0 Å². The van der Waals surface area contributed by atoms with E-state index in [1.165, 1.54) is 30.4 Å². The van der Waals surface area contributed by atoms with E-state index >= 15 is 0 Å². The van der Waals surface area contributed by atoms with Gasteiger partial charge in [0.1, 0.15) is 5.75 Å². The number of nitrogens with one attached hydrogen (secondary N) is 2. The van der Waals surface area contributed by atoms with Crippen molar-refractivity contribution in [2.75, 3.05) is 13.2 Å². The first-order valence-electron chi connectivity index (χ1n) is 11.5. The quantitative estimate of drug-likeness (QED) is 0.563. The third-order valence-electron chi connectivity index (χ3n) is 6.73. The molecule has 0 saturated carbocycles. The van der Waals surface area contributed by atoms with Crippen LogP contribution in [0.5, 0.6) is 5.75 Å². The van der Waals surface area contributed by atoms with Crippen molar-refractivity contribution >= 4 is 10.9 Å². The van der Waals surface area contributed by atoms with Crippen LogP contribution in [0.1, 0.15) is 53.5 Å². The number of H-pyrrole nitrogens is 1. The summed E-state index contributed by atoms with van der Waals surface area (Å²) in [5.74, 6) is 0.714. The summed E-state index contributed by atoms with van der Waals surface area (Å²) in [5, 5.41) is 4.58. The topological polar surface area (TPSA) is 54.1 Å². The van der Waals surface area contributed by atoms with E-state index in [1.807, 2.05) is 0 Å². The number of rotatable bonds is 5. The van der Waals surface area contributed by atoms with Gasteiger partial charge in [0.15, 0.2) is 0 Å². The summed E-state index contributed by atoms with van der Waals surface area (Å²) in [6.45, 7) is 12.1. The Labute approximate surface area is 185 Å². The van der Waals surface area contributed by atoms with Crippen molar-refractivity contribution in [2.24, 2.45) is 0 Å². The first-order chi connectivity index (χ1) is 14.8. The Morgan fingerprint density at radius 2 is 1.71 bits per heavy atom. The molecule has 4 heteroatoms. The average molecular weight is 419 g/mol. The molecule has 0 aliphatic carbocycles. The molecule has 31 heavy (non-hydrogen) atoms. The molecule has 0 radical (unpaired) electrons. The Hall–Kier alpha value is -2.59. The molecule has 1 saturated heterocycles. The summed E-state index contributed by atoms with van der Waals surface area (Å²) in [6.07, 6.45) is 4.67. The smallest absolute Gasteiger partial charge is 0.260 e. The van der Waals surface area contributed by atoms with Gasteiger partial charge < -0.3 is 15.0 Å². The minimum Gasteiger partial charge on any atom is -0.492 e. The molecular formula is C27H34N2O2. The molecule has 164 valence electrons. The SMILES string of the molecule is Cc1cc(C)cc(-c2c(OCCC3CCCCN3)c3cc(C)c(C)c(C)c3[nH]c2=O)c1. The zero-order valence-electron chi connectivity index (χ0n) is 19.4. The summed E-state index contributed by atoms with van der Waals surface area (Å²) in [4.78, 5) is 16.5. The van der Waals surface area contributed by atoms with Crippen LogP contribution in [0, 0.1) is 34.6 Å². The number of piperidine rings is 1. The molecule has 2 heterocycles. The van der Waals surface area contributed by atoms with Crippen LogP contribution >= 0.6 is 0 Å². The number of fused-ring (bicyclic) bond motifs is 1. The van der Waals surface area contributed by atoms with Crippen LogP contribution in [-0.4, -0.2) is 24.2 Å². The lowest BCUT2D eigenvalue weighted by Gasteiger charge is -2.24. The summed E-state index contributed by atoms with van der Waals surface area (Å²) in [7, 11) is 0.